The highest BCUT2D eigenvalue weighted by Gasteiger charge is 2.03. The van der Waals surface area contributed by atoms with Gasteiger partial charge < -0.3 is 5.32 Å². The molecule has 0 aliphatic carbocycles. The number of hydrogen-bond acceptors (Lipinski definition) is 2. The first kappa shape index (κ1) is 13.1. The van der Waals surface area contributed by atoms with Gasteiger partial charge in [0.05, 0.1) is 3.79 Å². The summed E-state index contributed by atoms with van der Waals surface area (Å²) in [5, 5.41) is 3.45. The van der Waals surface area contributed by atoms with E-state index < -0.39 is 0 Å². The molecule has 1 N–H and O–H groups in total. The molecule has 0 saturated carbocycles. The van der Waals surface area contributed by atoms with Gasteiger partial charge in [0.15, 0.2) is 0 Å². The van der Waals surface area contributed by atoms with Crippen LogP contribution in [-0.2, 0) is 6.54 Å². The second kappa shape index (κ2) is 5.55. The second-order valence-electron chi connectivity index (χ2n) is 3.98. The largest absolute Gasteiger partial charge is 0.380 e. The molecule has 0 bridgehead atoms. The molecule has 1 aromatic heterocycles. The molecule has 0 amide bonds. The summed E-state index contributed by atoms with van der Waals surface area (Å²) >= 11 is 8.82. The van der Waals surface area contributed by atoms with Gasteiger partial charge in [-0.15, -0.1) is 11.3 Å². The number of rotatable bonds is 3. The van der Waals surface area contributed by atoms with Crippen LogP contribution in [0.3, 0.4) is 0 Å². The van der Waals surface area contributed by atoms with Gasteiger partial charge in [-0.2, -0.15) is 0 Å². The highest BCUT2D eigenvalue weighted by molar-refractivity contribution is 9.11. The zero-order valence-corrected chi connectivity index (χ0v) is 13.7. The van der Waals surface area contributed by atoms with Crippen molar-refractivity contribution in [3.05, 3.63) is 48.5 Å². The van der Waals surface area contributed by atoms with Gasteiger partial charge in [0.2, 0.25) is 0 Å². The fourth-order valence-electron chi connectivity index (χ4n) is 1.68. The van der Waals surface area contributed by atoms with E-state index in [1.807, 2.05) is 0 Å². The van der Waals surface area contributed by atoms with Crippen LogP contribution in [0.4, 0.5) is 5.69 Å². The highest BCUT2D eigenvalue weighted by Crippen LogP contribution is 2.26. The van der Waals surface area contributed by atoms with Gasteiger partial charge in [0.1, 0.15) is 0 Å². The molecule has 2 aromatic rings. The lowest BCUT2D eigenvalue weighted by Crippen LogP contribution is -1.98. The molecule has 0 saturated heterocycles. The van der Waals surface area contributed by atoms with Crippen molar-refractivity contribution in [2.75, 3.05) is 5.32 Å². The molecule has 2 rings (SSSR count). The fraction of sp³-hybridized carbons (Fsp3) is 0.231. The Morgan fingerprint density at radius 1 is 1.12 bits per heavy atom. The van der Waals surface area contributed by atoms with Crippen LogP contribution < -0.4 is 5.32 Å². The standard InChI is InChI=1S/C13H13Br2NS/c1-8-5-10(6-9(2)13(8)15)16-7-11-3-4-12(14)17-11/h3-6,16H,7H2,1-2H3. The maximum atomic E-state index is 3.58. The summed E-state index contributed by atoms with van der Waals surface area (Å²) in [7, 11) is 0. The van der Waals surface area contributed by atoms with Gasteiger partial charge in [-0.05, 0) is 65.2 Å². The SMILES string of the molecule is Cc1cc(NCc2ccc(Br)s2)cc(C)c1Br. The number of thiophene rings is 1. The van der Waals surface area contributed by atoms with Gasteiger partial charge >= 0.3 is 0 Å². The minimum absolute atomic E-state index is 0.872. The van der Waals surface area contributed by atoms with Crippen molar-refractivity contribution in [1.29, 1.82) is 0 Å². The Bertz CT molecular complexity index is 511. The predicted octanol–water partition coefficient (Wildman–Crippen LogP) is 5.50. The summed E-state index contributed by atoms with van der Waals surface area (Å²) in [5.41, 5.74) is 3.70. The highest BCUT2D eigenvalue weighted by atomic mass is 79.9. The van der Waals surface area contributed by atoms with Gasteiger partial charge in [-0.3, -0.25) is 0 Å². The third kappa shape index (κ3) is 3.33. The van der Waals surface area contributed by atoms with Crippen LogP contribution in [0.25, 0.3) is 0 Å². The Balaban J connectivity index is 2.09. The first-order chi connectivity index (χ1) is 8.06. The average molecular weight is 375 g/mol. The normalized spacial score (nSPS) is 10.6. The van der Waals surface area contributed by atoms with E-state index in [2.05, 4.69) is 75.3 Å². The smallest absolute Gasteiger partial charge is 0.0702 e. The first-order valence-electron chi connectivity index (χ1n) is 5.31. The Morgan fingerprint density at radius 3 is 2.29 bits per heavy atom. The number of hydrogen-bond donors (Lipinski definition) is 1. The van der Waals surface area contributed by atoms with Crippen molar-refractivity contribution in [1.82, 2.24) is 0 Å². The van der Waals surface area contributed by atoms with Crippen LogP contribution in [0.5, 0.6) is 0 Å². The lowest BCUT2D eigenvalue weighted by molar-refractivity contribution is 1.18. The van der Waals surface area contributed by atoms with E-state index in [4.69, 9.17) is 0 Å². The molecular formula is C13H13Br2NS. The van der Waals surface area contributed by atoms with Crippen molar-refractivity contribution in [2.45, 2.75) is 20.4 Å². The average Bonchev–Trinajstić information content (AvgIpc) is 2.69. The summed E-state index contributed by atoms with van der Waals surface area (Å²) in [6.07, 6.45) is 0. The van der Waals surface area contributed by atoms with E-state index in [0.29, 0.717) is 0 Å². The Kier molecular flexibility index (Phi) is 4.28. The predicted molar refractivity (Wildman–Crippen MR) is 83.0 cm³/mol. The molecule has 1 nitrogen and oxygen atoms in total. The topological polar surface area (TPSA) is 12.0 Å². The van der Waals surface area contributed by atoms with Gasteiger partial charge in [0, 0.05) is 21.6 Å². The molecule has 0 aliphatic heterocycles. The molecule has 0 unspecified atom stereocenters. The fourth-order valence-corrected chi connectivity index (χ4v) is 3.34. The Labute approximate surface area is 123 Å². The molecule has 0 aliphatic rings. The maximum Gasteiger partial charge on any atom is 0.0702 e. The molecule has 1 aromatic carbocycles. The zero-order valence-electron chi connectivity index (χ0n) is 9.68. The monoisotopic (exact) mass is 373 g/mol. The van der Waals surface area contributed by atoms with E-state index in [9.17, 15) is 0 Å². The number of halogens is 2. The van der Waals surface area contributed by atoms with Crippen LogP contribution in [0.1, 0.15) is 16.0 Å². The maximum absolute atomic E-state index is 3.58. The lowest BCUT2D eigenvalue weighted by Gasteiger charge is -2.09. The summed E-state index contributed by atoms with van der Waals surface area (Å²) in [6, 6.07) is 8.56. The van der Waals surface area contributed by atoms with E-state index in [-0.39, 0.29) is 0 Å². The third-order valence-corrected chi connectivity index (χ3v) is 5.41. The van der Waals surface area contributed by atoms with Gasteiger partial charge in [0.25, 0.3) is 0 Å². The Hall–Kier alpha value is -0.320. The van der Waals surface area contributed by atoms with E-state index in [1.54, 1.807) is 11.3 Å². The van der Waals surface area contributed by atoms with E-state index in [0.717, 1.165) is 6.54 Å². The molecule has 0 spiro atoms. The summed E-state index contributed by atoms with van der Waals surface area (Å²) in [6.45, 7) is 5.10. The Morgan fingerprint density at radius 2 is 1.76 bits per heavy atom. The number of aryl methyl sites for hydroxylation is 2. The minimum Gasteiger partial charge on any atom is -0.380 e. The minimum atomic E-state index is 0.872. The second-order valence-corrected chi connectivity index (χ2v) is 7.32. The summed E-state index contributed by atoms with van der Waals surface area (Å²) in [4.78, 5) is 1.33. The first-order valence-corrected chi connectivity index (χ1v) is 7.71. The quantitative estimate of drug-likeness (QED) is 0.747. The number of anilines is 1. The molecule has 0 fully saturated rings. The van der Waals surface area contributed by atoms with Crippen molar-refractivity contribution in [2.24, 2.45) is 0 Å². The molecule has 17 heavy (non-hydrogen) atoms. The number of nitrogens with one attached hydrogen (secondary N) is 1. The summed E-state index contributed by atoms with van der Waals surface area (Å²) < 4.78 is 2.37. The van der Waals surface area contributed by atoms with Gasteiger partial charge in [-0.1, -0.05) is 15.9 Å². The molecule has 90 valence electrons. The van der Waals surface area contributed by atoms with Crippen LogP contribution in [0.15, 0.2) is 32.5 Å². The third-order valence-electron chi connectivity index (χ3n) is 2.53. The van der Waals surface area contributed by atoms with Crippen molar-refractivity contribution < 1.29 is 0 Å². The van der Waals surface area contributed by atoms with E-state index >= 15 is 0 Å². The van der Waals surface area contributed by atoms with E-state index in [1.165, 1.54) is 30.0 Å². The van der Waals surface area contributed by atoms with Crippen molar-refractivity contribution in [3.63, 3.8) is 0 Å². The van der Waals surface area contributed by atoms with Gasteiger partial charge in [-0.25, -0.2) is 0 Å². The molecule has 4 heteroatoms. The van der Waals surface area contributed by atoms with Crippen molar-refractivity contribution >= 4 is 48.9 Å². The van der Waals surface area contributed by atoms with Crippen LogP contribution in [-0.4, -0.2) is 0 Å². The lowest BCUT2D eigenvalue weighted by atomic mass is 10.1. The molecular weight excluding hydrogens is 362 g/mol. The molecule has 1 heterocycles. The molecule has 0 radical (unpaired) electrons. The van der Waals surface area contributed by atoms with Crippen molar-refractivity contribution in [3.8, 4) is 0 Å². The van der Waals surface area contributed by atoms with Crippen LogP contribution in [0.2, 0.25) is 0 Å². The number of benzene rings is 1. The van der Waals surface area contributed by atoms with Crippen LogP contribution in [0, 0.1) is 13.8 Å². The van der Waals surface area contributed by atoms with Crippen LogP contribution >= 0.6 is 43.2 Å². The molecule has 0 atom stereocenters. The summed E-state index contributed by atoms with van der Waals surface area (Å²) in [5.74, 6) is 0. The zero-order chi connectivity index (χ0) is 12.4.